The maximum absolute atomic E-state index is 13.5. The molecule has 0 N–H and O–H groups in total. The van der Waals surface area contributed by atoms with Gasteiger partial charge in [-0.15, -0.1) is 0 Å². The van der Waals surface area contributed by atoms with E-state index in [9.17, 15) is 13.6 Å². The van der Waals surface area contributed by atoms with Gasteiger partial charge in [0.1, 0.15) is 5.82 Å². The highest BCUT2D eigenvalue weighted by molar-refractivity contribution is 9.13. The van der Waals surface area contributed by atoms with Crippen LogP contribution in [0, 0.1) is 11.6 Å². The van der Waals surface area contributed by atoms with Crippen LogP contribution in [-0.2, 0) is 4.74 Å². The molecule has 0 atom stereocenters. The molecule has 0 aromatic heterocycles. The van der Waals surface area contributed by atoms with Crippen molar-refractivity contribution in [3.63, 3.8) is 0 Å². The number of esters is 1. The molecule has 1 rings (SSSR count). The van der Waals surface area contributed by atoms with Crippen LogP contribution >= 0.6 is 31.9 Å². The van der Waals surface area contributed by atoms with Gasteiger partial charge in [-0.05, 0) is 44.8 Å². The summed E-state index contributed by atoms with van der Waals surface area (Å²) in [5.74, 6) is -2.46. The van der Waals surface area contributed by atoms with Gasteiger partial charge in [-0.1, -0.05) is 0 Å². The number of ether oxygens (including phenoxy) is 1. The fraction of sp³-hybridized carbons (Fsp3) is 0.222. The van der Waals surface area contributed by atoms with E-state index in [1.165, 1.54) is 0 Å². The first-order valence-electron chi connectivity index (χ1n) is 3.99. The number of carbonyl (C=O) groups is 1. The lowest BCUT2D eigenvalue weighted by molar-refractivity contribution is 0.0520. The Balaban J connectivity index is 3.26. The third kappa shape index (κ3) is 2.55. The first-order chi connectivity index (χ1) is 6.99. The second-order valence-electron chi connectivity index (χ2n) is 2.57. The van der Waals surface area contributed by atoms with Gasteiger partial charge in [-0.3, -0.25) is 0 Å². The molecule has 0 spiro atoms. The van der Waals surface area contributed by atoms with Crippen LogP contribution in [0.4, 0.5) is 8.78 Å². The molecule has 6 heteroatoms. The molecule has 0 aliphatic carbocycles. The van der Waals surface area contributed by atoms with Crippen molar-refractivity contribution in [3.05, 3.63) is 32.2 Å². The van der Waals surface area contributed by atoms with Gasteiger partial charge in [0.15, 0.2) is 5.82 Å². The summed E-state index contributed by atoms with van der Waals surface area (Å²) >= 11 is 5.67. The van der Waals surface area contributed by atoms with Crippen LogP contribution in [0.2, 0.25) is 0 Å². The van der Waals surface area contributed by atoms with Gasteiger partial charge < -0.3 is 4.74 Å². The Morgan fingerprint density at radius 1 is 1.40 bits per heavy atom. The molecule has 0 saturated carbocycles. The maximum Gasteiger partial charge on any atom is 0.341 e. The predicted molar refractivity (Wildman–Crippen MR) is 57.7 cm³/mol. The van der Waals surface area contributed by atoms with Crippen molar-refractivity contribution < 1.29 is 18.3 Å². The molecule has 0 aliphatic heterocycles. The minimum atomic E-state index is -0.887. The van der Waals surface area contributed by atoms with Crippen LogP contribution in [-0.4, -0.2) is 12.6 Å². The molecule has 2 nitrogen and oxygen atoms in total. The zero-order chi connectivity index (χ0) is 11.6. The van der Waals surface area contributed by atoms with E-state index in [0.717, 1.165) is 6.07 Å². The van der Waals surface area contributed by atoms with E-state index >= 15 is 0 Å². The fourth-order valence-corrected chi connectivity index (χ4v) is 1.62. The number of carbonyl (C=O) groups excluding carboxylic acids is 1. The lowest BCUT2D eigenvalue weighted by atomic mass is 10.2. The van der Waals surface area contributed by atoms with E-state index in [0.29, 0.717) is 0 Å². The molecule has 0 saturated heterocycles. The summed E-state index contributed by atoms with van der Waals surface area (Å²) < 4.78 is 31.0. The molecule has 0 fully saturated rings. The second kappa shape index (κ2) is 5.03. The molecule has 1 aromatic rings. The summed E-state index contributed by atoms with van der Waals surface area (Å²) in [6.45, 7) is 1.69. The van der Waals surface area contributed by atoms with Crippen molar-refractivity contribution in [3.8, 4) is 0 Å². The van der Waals surface area contributed by atoms with Crippen LogP contribution in [0.15, 0.2) is 15.0 Å². The smallest absolute Gasteiger partial charge is 0.341 e. The van der Waals surface area contributed by atoms with Crippen molar-refractivity contribution in [2.45, 2.75) is 6.92 Å². The second-order valence-corrected chi connectivity index (χ2v) is 4.15. The van der Waals surface area contributed by atoms with Crippen LogP contribution in [0.5, 0.6) is 0 Å². The number of hydrogen-bond donors (Lipinski definition) is 0. The summed E-state index contributed by atoms with van der Waals surface area (Å²) in [5, 5.41) is 0. The number of hydrogen-bond acceptors (Lipinski definition) is 2. The van der Waals surface area contributed by atoms with Gasteiger partial charge in [0.05, 0.1) is 21.1 Å². The summed E-state index contributed by atoms with van der Waals surface area (Å²) in [7, 11) is 0. The van der Waals surface area contributed by atoms with Crippen molar-refractivity contribution in [1.82, 2.24) is 0 Å². The van der Waals surface area contributed by atoms with E-state index in [1.807, 2.05) is 0 Å². The molecule has 15 heavy (non-hydrogen) atoms. The summed E-state index contributed by atoms with van der Waals surface area (Å²) in [6, 6.07) is 0.794. The molecular weight excluding hydrogens is 338 g/mol. The minimum absolute atomic E-state index is 0.0620. The van der Waals surface area contributed by atoms with E-state index in [-0.39, 0.29) is 15.6 Å². The molecule has 0 unspecified atom stereocenters. The Labute approximate surface area is 102 Å². The predicted octanol–water partition coefficient (Wildman–Crippen LogP) is 3.67. The molecule has 0 bridgehead atoms. The average molecular weight is 344 g/mol. The Morgan fingerprint density at radius 2 is 2.00 bits per heavy atom. The molecule has 0 radical (unpaired) electrons. The fourth-order valence-electron chi connectivity index (χ4n) is 0.930. The molecule has 0 heterocycles. The first kappa shape index (κ1) is 12.6. The van der Waals surface area contributed by atoms with Crippen LogP contribution in [0.3, 0.4) is 0 Å². The van der Waals surface area contributed by atoms with Crippen molar-refractivity contribution >= 4 is 37.8 Å². The first-order valence-corrected chi connectivity index (χ1v) is 5.57. The van der Waals surface area contributed by atoms with Gasteiger partial charge in [-0.25, -0.2) is 13.6 Å². The van der Waals surface area contributed by atoms with E-state index in [1.54, 1.807) is 6.92 Å². The van der Waals surface area contributed by atoms with Gasteiger partial charge in [0.2, 0.25) is 0 Å². The third-order valence-electron chi connectivity index (χ3n) is 1.60. The van der Waals surface area contributed by atoms with Gasteiger partial charge in [-0.2, -0.15) is 0 Å². The molecule has 82 valence electrons. The lowest BCUT2D eigenvalue weighted by Gasteiger charge is -2.06. The summed E-state index contributed by atoms with van der Waals surface area (Å²) in [6.07, 6.45) is 0. The monoisotopic (exact) mass is 342 g/mol. The number of rotatable bonds is 2. The summed E-state index contributed by atoms with van der Waals surface area (Å²) in [4.78, 5) is 11.2. The summed E-state index contributed by atoms with van der Waals surface area (Å²) in [5.41, 5.74) is -0.426. The highest BCUT2D eigenvalue weighted by Crippen LogP contribution is 2.31. The topological polar surface area (TPSA) is 26.3 Å². The number of benzene rings is 1. The Morgan fingerprint density at radius 3 is 2.53 bits per heavy atom. The maximum atomic E-state index is 13.5. The standard InChI is InChI=1S/C9H6Br2F2O2/c1-2-15-9(14)4-3-5(12)6(10)7(11)8(4)13/h3H,2H2,1H3. The Hall–Kier alpha value is -0.490. The Bertz CT molecular complexity index is 408. The van der Waals surface area contributed by atoms with Crippen molar-refractivity contribution in [2.75, 3.05) is 6.61 Å². The van der Waals surface area contributed by atoms with E-state index in [4.69, 9.17) is 0 Å². The van der Waals surface area contributed by atoms with E-state index in [2.05, 4.69) is 36.6 Å². The molecule has 0 aliphatic rings. The highest BCUT2D eigenvalue weighted by Gasteiger charge is 2.20. The zero-order valence-electron chi connectivity index (χ0n) is 7.61. The average Bonchev–Trinajstić information content (AvgIpc) is 2.20. The zero-order valence-corrected chi connectivity index (χ0v) is 10.8. The highest BCUT2D eigenvalue weighted by atomic mass is 79.9. The third-order valence-corrected chi connectivity index (χ3v) is 3.65. The molecule has 1 aromatic carbocycles. The van der Waals surface area contributed by atoms with Crippen molar-refractivity contribution in [1.29, 1.82) is 0 Å². The van der Waals surface area contributed by atoms with Gasteiger partial charge in [0, 0.05) is 0 Å². The van der Waals surface area contributed by atoms with Crippen LogP contribution < -0.4 is 0 Å². The van der Waals surface area contributed by atoms with Gasteiger partial charge >= 0.3 is 5.97 Å². The van der Waals surface area contributed by atoms with Gasteiger partial charge in [0.25, 0.3) is 0 Å². The van der Waals surface area contributed by atoms with Crippen LogP contribution in [0.1, 0.15) is 17.3 Å². The van der Waals surface area contributed by atoms with E-state index < -0.39 is 23.2 Å². The molecular formula is C9H6Br2F2O2. The minimum Gasteiger partial charge on any atom is -0.462 e. The largest absolute Gasteiger partial charge is 0.462 e. The molecule has 0 amide bonds. The van der Waals surface area contributed by atoms with Crippen molar-refractivity contribution in [2.24, 2.45) is 0 Å². The Kier molecular flexibility index (Phi) is 4.21. The SMILES string of the molecule is CCOC(=O)c1cc(F)c(Br)c(Br)c1F. The lowest BCUT2D eigenvalue weighted by Crippen LogP contribution is -2.08. The van der Waals surface area contributed by atoms with Crippen LogP contribution in [0.25, 0.3) is 0 Å². The quantitative estimate of drug-likeness (QED) is 0.465. The number of halogens is 4. The normalized spacial score (nSPS) is 10.2.